The van der Waals surface area contributed by atoms with E-state index in [0.29, 0.717) is 0 Å². The van der Waals surface area contributed by atoms with E-state index in [0.717, 1.165) is 33.4 Å². The Morgan fingerprint density at radius 1 is 1.32 bits per heavy atom. The van der Waals surface area contributed by atoms with Gasteiger partial charge in [0.25, 0.3) is 0 Å². The van der Waals surface area contributed by atoms with E-state index in [-0.39, 0.29) is 18.5 Å². The van der Waals surface area contributed by atoms with Gasteiger partial charge >= 0.3 is 0 Å². The van der Waals surface area contributed by atoms with E-state index < -0.39 is 0 Å². The van der Waals surface area contributed by atoms with E-state index in [1.54, 1.807) is 16.0 Å². The van der Waals surface area contributed by atoms with Crippen LogP contribution in [0.3, 0.4) is 0 Å². The number of rotatable bonds is 5. The van der Waals surface area contributed by atoms with Crippen molar-refractivity contribution in [2.45, 2.75) is 60.5 Å². The number of amides is 1. The summed E-state index contributed by atoms with van der Waals surface area (Å²) in [6.45, 7) is 12.4. The Kier molecular flexibility index (Phi) is 5.01. The second-order valence-corrected chi connectivity index (χ2v) is 7.03. The van der Waals surface area contributed by atoms with Crippen LogP contribution >= 0.6 is 11.3 Å². The van der Waals surface area contributed by atoms with Crippen molar-refractivity contribution in [2.24, 2.45) is 0 Å². The van der Waals surface area contributed by atoms with Gasteiger partial charge in [-0.2, -0.15) is 5.10 Å². The minimum atomic E-state index is -0.0833. The van der Waals surface area contributed by atoms with Gasteiger partial charge in [-0.05, 0) is 46.6 Å². The molecule has 2 aromatic heterocycles. The second kappa shape index (κ2) is 6.60. The summed E-state index contributed by atoms with van der Waals surface area (Å²) in [5.74, 6) is -0.0363. The lowest BCUT2D eigenvalue weighted by Gasteiger charge is -2.13. The van der Waals surface area contributed by atoms with Crippen molar-refractivity contribution in [1.29, 1.82) is 0 Å². The molecule has 2 aromatic rings. The van der Waals surface area contributed by atoms with Gasteiger partial charge in [-0.15, -0.1) is 11.3 Å². The molecular formula is C16H24N4OS. The van der Waals surface area contributed by atoms with E-state index in [4.69, 9.17) is 0 Å². The van der Waals surface area contributed by atoms with E-state index in [1.165, 1.54) is 5.56 Å². The lowest BCUT2D eigenvalue weighted by molar-refractivity contribution is -0.122. The molecule has 5 nitrogen and oxygen atoms in total. The fourth-order valence-electron chi connectivity index (χ4n) is 2.84. The number of aryl methyl sites for hydroxylation is 3. The normalized spacial score (nSPS) is 12.5. The van der Waals surface area contributed by atoms with Gasteiger partial charge in [0.2, 0.25) is 5.91 Å². The molecule has 22 heavy (non-hydrogen) atoms. The van der Waals surface area contributed by atoms with E-state index in [2.05, 4.69) is 22.3 Å². The van der Waals surface area contributed by atoms with Crippen molar-refractivity contribution in [2.75, 3.05) is 0 Å². The Labute approximate surface area is 135 Å². The summed E-state index contributed by atoms with van der Waals surface area (Å²) < 4.78 is 1.79. The summed E-state index contributed by atoms with van der Waals surface area (Å²) in [6.07, 6.45) is 0.937. The second-order valence-electron chi connectivity index (χ2n) is 5.62. The number of nitrogens with zero attached hydrogens (tertiary/aromatic N) is 3. The number of aromatic nitrogens is 3. The highest BCUT2D eigenvalue weighted by Crippen LogP contribution is 2.22. The molecular weight excluding hydrogens is 296 g/mol. The highest BCUT2D eigenvalue weighted by atomic mass is 32.1. The standard InChI is InChI=1S/C16H24N4OS/c1-7-14-9(2)19-20(11(14)4)8-15(21)17-10(3)16-12(5)22-13(6)18-16/h10H,7-8H2,1-6H3,(H,17,21). The number of hydrogen-bond donors (Lipinski definition) is 1. The molecule has 1 unspecified atom stereocenters. The molecule has 120 valence electrons. The number of thiazole rings is 1. The predicted molar refractivity (Wildman–Crippen MR) is 89.2 cm³/mol. The summed E-state index contributed by atoms with van der Waals surface area (Å²) in [6, 6.07) is -0.0833. The van der Waals surface area contributed by atoms with Crippen LogP contribution in [0.4, 0.5) is 0 Å². The van der Waals surface area contributed by atoms with Crippen LogP contribution in [0.25, 0.3) is 0 Å². The summed E-state index contributed by atoms with van der Waals surface area (Å²) in [7, 11) is 0. The highest BCUT2D eigenvalue weighted by Gasteiger charge is 2.17. The van der Waals surface area contributed by atoms with E-state index in [1.807, 2.05) is 34.6 Å². The minimum Gasteiger partial charge on any atom is -0.346 e. The molecule has 0 bridgehead atoms. The summed E-state index contributed by atoms with van der Waals surface area (Å²) in [5.41, 5.74) is 4.26. The monoisotopic (exact) mass is 320 g/mol. The Morgan fingerprint density at radius 3 is 2.50 bits per heavy atom. The molecule has 2 rings (SSSR count). The third-order valence-electron chi connectivity index (χ3n) is 3.91. The third-order valence-corrected chi connectivity index (χ3v) is 4.81. The lowest BCUT2D eigenvalue weighted by atomic mass is 10.1. The molecule has 0 fully saturated rings. The molecule has 0 radical (unpaired) electrons. The first kappa shape index (κ1) is 16.7. The van der Waals surface area contributed by atoms with Crippen LogP contribution in [-0.2, 0) is 17.8 Å². The zero-order chi connectivity index (χ0) is 16.4. The quantitative estimate of drug-likeness (QED) is 0.921. The average Bonchev–Trinajstić information content (AvgIpc) is 2.89. The van der Waals surface area contributed by atoms with Crippen molar-refractivity contribution in [3.8, 4) is 0 Å². The van der Waals surface area contributed by atoms with Crippen LogP contribution < -0.4 is 5.32 Å². The number of carbonyl (C=O) groups excluding carboxylic acids is 1. The largest absolute Gasteiger partial charge is 0.346 e. The molecule has 6 heteroatoms. The maximum absolute atomic E-state index is 12.3. The van der Waals surface area contributed by atoms with Gasteiger partial charge < -0.3 is 5.32 Å². The van der Waals surface area contributed by atoms with E-state index >= 15 is 0 Å². The van der Waals surface area contributed by atoms with Gasteiger partial charge in [0, 0.05) is 10.6 Å². The van der Waals surface area contributed by atoms with Crippen LogP contribution in [0, 0.1) is 27.7 Å². The van der Waals surface area contributed by atoms with Crippen molar-refractivity contribution in [3.63, 3.8) is 0 Å². The zero-order valence-electron chi connectivity index (χ0n) is 14.1. The molecule has 0 aliphatic carbocycles. The van der Waals surface area contributed by atoms with Crippen LogP contribution in [0.2, 0.25) is 0 Å². The van der Waals surface area contributed by atoms with Crippen LogP contribution in [0.1, 0.15) is 52.4 Å². The first-order chi connectivity index (χ1) is 10.3. The smallest absolute Gasteiger partial charge is 0.242 e. The zero-order valence-corrected chi connectivity index (χ0v) is 15.0. The molecule has 1 atom stereocenters. The SMILES string of the molecule is CCc1c(C)nn(CC(=O)NC(C)c2nc(C)sc2C)c1C. The van der Waals surface area contributed by atoms with Gasteiger partial charge in [0.15, 0.2) is 0 Å². The van der Waals surface area contributed by atoms with Gasteiger partial charge in [0.1, 0.15) is 6.54 Å². The first-order valence-electron chi connectivity index (χ1n) is 7.59. The fraction of sp³-hybridized carbons (Fsp3) is 0.562. The van der Waals surface area contributed by atoms with Gasteiger partial charge in [0.05, 0.1) is 22.4 Å². The molecule has 1 amide bonds. The van der Waals surface area contributed by atoms with Gasteiger partial charge in [-0.25, -0.2) is 4.98 Å². The molecule has 0 spiro atoms. The van der Waals surface area contributed by atoms with Crippen molar-refractivity contribution in [3.05, 3.63) is 32.5 Å². The van der Waals surface area contributed by atoms with Crippen LogP contribution in [0.5, 0.6) is 0 Å². The number of carbonyl (C=O) groups is 1. The molecule has 0 aliphatic heterocycles. The minimum absolute atomic E-state index is 0.0363. The predicted octanol–water partition coefficient (Wildman–Crippen LogP) is 3.01. The number of nitrogens with one attached hydrogen (secondary N) is 1. The molecule has 0 aromatic carbocycles. The molecule has 1 N–H and O–H groups in total. The van der Waals surface area contributed by atoms with Crippen LogP contribution in [0.15, 0.2) is 0 Å². The molecule has 2 heterocycles. The van der Waals surface area contributed by atoms with Crippen LogP contribution in [-0.4, -0.2) is 20.7 Å². The van der Waals surface area contributed by atoms with Gasteiger partial charge in [-0.3, -0.25) is 9.48 Å². The Hall–Kier alpha value is -1.69. The lowest BCUT2D eigenvalue weighted by Crippen LogP contribution is -2.31. The van der Waals surface area contributed by atoms with Gasteiger partial charge in [-0.1, -0.05) is 6.92 Å². The van der Waals surface area contributed by atoms with Crippen molar-refractivity contribution < 1.29 is 4.79 Å². The molecule has 0 saturated carbocycles. The Balaban J connectivity index is 2.06. The summed E-state index contributed by atoms with van der Waals surface area (Å²) in [4.78, 5) is 17.9. The van der Waals surface area contributed by atoms with Crippen molar-refractivity contribution >= 4 is 17.2 Å². The first-order valence-corrected chi connectivity index (χ1v) is 8.41. The average molecular weight is 320 g/mol. The highest BCUT2D eigenvalue weighted by molar-refractivity contribution is 7.11. The summed E-state index contributed by atoms with van der Waals surface area (Å²) in [5, 5.41) is 8.51. The fourth-order valence-corrected chi connectivity index (χ4v) is 3.75. The Bertz CT molecular complexity index is 687. The van der Waals surface area contributed by atoms with Crippen molar-refractivity contribution in [1.82, 2.24) is 20.1 Å². The third kappa shape index (κ3) is 3.38. The maximum atomic E-state index is 12.3. The Morgan fingerprint density at radius 2 is 2.00 bits per heavy atom. The number of hydrogen-bond acceptors (Lipinski definition) is 4. The molecule has 0 saturated heterocycles. The summed E-state index contributed by atoms with van der Waals surface area (Å²) >= 11 is 1.66. The van der Waals surface area contributed by atoms with E-state index in [9.17, 15) is 4.79 Å². The topological polar surface area (TPSA) is 59.8 Å². The molecule has 0 aliphatic rings. The maximum Gasteiger partial charge on any atom is 0.242 e.